The fraction of sp³-hybridized carbons (Fsp3) is 0.786. The minimum atomic E-state index is -0.391. The van der Waals surface area contributed by atoms with Gasteiger partial charge in [0.05, 0.1) is 19.3 Å². The van der Waals surface area contributed by atoms with E-state index in [-0.39, 0.29) is 0 Å². The lowest BCUT2D eigenvalue weighted by Gasteiger charge is -2.26. The SMILES string of the molecule is CCCc1c(C(=O)OC)nnn1CCN1CCCCC1. The fourth-order valence-electron chi connectivity index (χ4n) is 2.67. The fourth-order valence-corrected chi connectivity index (χ4v) is 2.67. The van der Waals surface area contributed by atoms with Crippen molar-refractivity contribution in [3.8, 4) is 0 Å². The second-order valence-corrected chi connectivity index (χ2v) is 5.25. The second kappa shape index (κ2) is 7.38. The van der Waals surface area contributed by atoms with Gasteiger partial charge in [-0.3, -0.25) is 0 Å². The van der Waals surface area contributed by atoms with Gasteiger partial charge in [0.2, 0.25) is 0 Å². The molecular formula is C14H24N4O2. The summed E-state index contributed by atoms with van der Waals surface area (Å²) in [4.78, 5) is 14.1. The molecule has 6 heteroatoms. The van der Waals surface area contributed by atoms with Crippen LogP contribution in [-0.4, -0.2) is 52.6 Å². The number of piperidine rings is 1. The van der Waals surface area contributed by atoms with Crippen LogP contribution in [0.5, 0.6) is 0 Å². The van der Waals surface area contributed by atoms with E-state index in [1.807, 2.05) is 4.68 Å². The smallest absolute Gasteiger partial charge is 0.360 e. The Morgan fingerprint density at radius 1 is 1.25 bits per heavy atom. The van der Waals surface area contributed by atoms with Crippen LogP contribution in [0.2, 0.25) is 0 Å². The molecule has 1 saturated heterocycles. The molecule has 112 valence electrons. The molecule has 6 nitrogen and oxygen atoms in total. The Morgan fingerprint density at radius 3 is 2.65 bits per heavy atom. The number of carbonyl (C=O) groups is 1. The van der Waals surface area contributed by atoms with Crippen LogP contribution in [0.1, 0.15) is 48.8 Å². The molecule has 0 amide bonds. The monoisotopic (exact) mass is 280 g/mol. The van der Waals surface area contributed by atoms with Gasteiger partial charge in [0.25, 0.3) is 0 Å². The van der Waals surface area contributed by atoms with Crippen LogP contribution in [-0.2, 0) is 17.7 Å². The summed E-state index contributed by atoms with van der Waals surface area (Å²) in [5, 5.41) is 8.12. The predicted molar refractivity (Wildman–Crippen MR) is 75.6 cm³/mol. The maximum Gasteiger partial charge on any atom is 0.360 e. The van der Waals surface area contributed by atoms with Gasteiger partial charge in [-0.05, 0) is 32.4 Å². The first kappa shape index (κ1) is 15.0. The van der Waals surface area contributed by atoms with Crippen molar-refractivity contribution in [1.29, 1.82) is 0 Å². The summed E-state index contributed by atoms with van der Waals surface area (Å²) in [6.07, 6.45) is 5.67. The standard InChI is InChI=1S/C14H24N4O2/c1-3-7-12-13(14(19)20-2)15-16-18(12)11-10-17-8-5-4-6-9-17/h3-11H2,1-2H3. The molecule has 1 aliphatic rings. The largest absolute Gasteiger partial charge is 0.464 e. The van der Waals surface area contributed by atoms with Gasteiger partial charge in [0.1, 0.15) is 0 Å². The lowest BCUT2D eigenvalue weighted by Crippen LogP contribution is -2.33. The molecule has 1 aromatic rings. The highest BCUT2D eigenvalue weighted by Crippen LogP contribution is 2.12. The molecule has 0 atom stereocenters. The summed E-state index contributed by atoms with van der Waals surface area (Å²) in [5.74, 6) is -0.391. The molecule has 0 aliphatic carbocycles. The zero-order valence-electron chi connectivity index (χ0n) is 12.5. The number of nitrogens with zero attached hydrogens (tertiary/aromatic N) is 4. The highest BCUT2D eigenvalue weighted by Gasteiger charge is 2.20. The Bertz CT molecular complexity index is 438. The van der Waals surface area contributed by atoms with Crippen molar-refractivity contribution < 1.29 is 9.53 Å². The van der Waals surface area contributed by atoms with Gasteiger partial charge < -0.3 is 9.64 Å². The minimum absolute atomic E-state index is 0.369. The molecule has 0 saturated carbocycles. The molecule has 1 fully saturated rings. The minimum Gasteiger partial charge on any atom is -0.464 e. The average Bonchev–Trinajstić information content (AvgIpc) is 2.89. The summed E-state index contributed by atoms with van der Waals surface area (Å²) in [6, 6.07) is 0. The van der Waals surface area contributed by atoms with E-state index in [9.17, 15) is 4.79 Å². The molecule has 20 heavy (non-hydrogen) atoms. The predicted octanol–water partition coefficient (Wildman–Crippen LogP) is 1.50. The first-order valence-corrected chi connectivity index (χ1v) is 7.49. The number of aromatic nitrogens is 3. The van der Waals surface area contributed by atoms with Crippen molar-refractivity contribution in [3.63, 3.8) is 0 Å². The van der Waals surface area contributed by atoms with E-state index in [2.05, 4.69) is 22.1 Å². The van der Waals surface area contributed by atoms with Gasteiger partial charge in [-0.15, -0.1) is 5.10 Å². The van der Waals surface area contributed by atoms with Gasteiger partial charge in [-0.25, -0.2) is 9.48 Å². The molecule has 2 rings (SSSR count). The molecule has 0 radical (unpaired) electrons. The maximum absolute atomic E-state index is 11.7. The third kappa shape index (κ3) is 3.56. The summed E-state index contributed by atoms with van der Waals surface area (Å²) >= 11 is 0. The van der Waals surface area contributed by atoms with Crippen molar-refractivity contribution in [1.82, 2.24) is 19.9 Å². The molecule has 0 N–H and O–H groups in total. The van der Waals surface area contributed by atoms with E-state index in [4.69, 9.17) is 4.74 Å². The Kier molecular flexibility index (Phi) is 5.52. The Hall–Kier alpha value is -1.43. The van der Waals surface area contributed by atoms with E-state index in [0.717, 1.165) is 31.6 Å². The quantitative estimate of drug-likeness (QED) is 0.739. The zero-order valence-corrected chi connectivity index (χ0v) is 12.5. The number of carbonyl (C=O) groups excluding carboxylic acids is 1. The third-order valence-corrected chi connectivity index (χ3v) is 3.78. The van der Waals surface area contributed by atoms with Crippen LogP contribution in [0.25, 0.3) is 0 Å². The summed E-state index contributed by atoms with van der Waals surface area (Å²) in [5.41, 5.74) is 1.27. The van der Waals surface area contributed by atoms with Crippen LogP contribution in [0.3, 0.4) is 0 Å². The highest BCUT2D eigenvalue weighted by atomic mass is 16.5. The average molecular weight is 280 g/mol. The maximum atomic E-state index is 11.7. The topological polar surface area (TPSA) is 60.2 Å². The van der Waals surface area contributed by atoms with Gasteiger partial charge in [-0.2, -0.15) is 0 Å². The first-order valence-electron chi connectivity index (χ1n) is 7.49. The number of hydrogen-bond donors (Lipinski definition) is 0. The number of rotatable bonds is 6. The molecule has 2 heterocycles. The van der Waals surface area contributed by atoms with Crippen molar-refractivity contribution in [2.75, 3.05) is 26.7 Å². The Morgan fingerprint density at radius 2 is 2.00 bits per heavy atom. The van der Waals surface area contributed by atoms with E-state index < -0.39 is 5.97 Å². The molecule has 0 bridgehead atoms. The van der Waals surface area contributed by atoms with Gasteiger partial charge in [0, 0.05) is 6.54 Å². The number of esters is 1. The summed E-state index contributed by atoms with van der Waals surface area (Å²) in [7, 11) is 1.38. The van der Waals surface area contributed by atoms with Crippen LogP contribution in [0.15, 0.2) is 0 Å². The molecule has 1 aliphatic heterocycles. The Balaban J connectivity index is 2.02. The van der Waals surface area contributed by atoms with Crippen molar-refractivity contribution in [2.24, 2.45) is 0 Å². The first-order chi connectivity index (χ1) is 9.76. The van der Waals surface area contributed by atoms with Crippen LogP contribution in [0, 0.1) is 0 Å². The van der Waals surface area contributed by atoms with Crippen LogP contribution >= 0.6 is 0 Å². The van der Waals surface area contributed by atoms with E-state index in [0.29, 0.717) is 5.69 Å². The van der Waals surface area contributed by atoms with E-state index >= 15 is 0 Å². The van der Waals surface area contributed by atoms with E-state index in [1.54, 1.807) is 0 Å². The zero-order chi connectivity index (χ0) is 14.4. The molecule has 1 aromatic heterocycles. The van der Waals surface area contributed by atoms with Gasteiger partial charge >= 0.3 is 5.97 Å². The number of methoxy groups -OCH3 is 1. The van der Waals surface area contributed by atoms with Crippen molar-refractivity contribution >= 4 is 5.97 Å². The van der Waals surface area contributed by atoms with Crippen LogP contribution in [0.4, 0.5) is 0 Å². The van der Waals surface area contributed by atoms with Gasteiger partial charge in [0.15, 0.2) is 5.69 Å². The molecule has 0 aromatic carbocycles. The van der Waals surface area contributed by atoms with Crippen molar-refractivity contribution in [3.05, 3.63) is 11.4 Å². The number of ether oxygens (including phenoxy) is 1. The van der Waals surface area contributed by atoms with Crippen LogP contribution < -0.4 is 0 Å². The third-order valence-electron chi connectivity index (χ3n) is 3.78. The molecule has 0 unspecified atom stereocenters. The van der Waals surface area contributed by atoms with Crippen molar-refractivity contribution in [2.45, 2.75) is 45.6 Å². The highest BCUT2D eigenvalue weighted by molar-refractivity contribution is 5.88. The molecule has 0 spiro atoms. The van der Waals surface area contributed by atoms with E-state index in [1.165, 1.54) is 39.5 Å². The molecular weight excluding hydrogens is 256 g/mol. The summed E-state index contributed by atoms with van der Waals surface area (Å²) < 4.78 is 6.63. The second-order valence-electron chi connectivity index (χ2n) is 5.25. The lowest BCUT2D eigenvalue weighted by atomic mass is 10.1. The lowest BCUT2D eigenvalue weighted by molar-refractivity contribution is 0.0592. The summed E-state index contributed by atoms with van der Waals surface area (Å²) in [6.45, 7) is 6.19. The Labute approximate surface area is 120 Å². The normalized spacial score (nSPS) is 16.3. The number of likely N-dealkylation sites (tertiary alicyclic amines) is 1. The van der Waals surface area contributed by atoms with Gasteiger partial charge in [-0.1, -0.05) is 25.0 Å². The number of hydrogen-bond acceptors (Lipinski definition) is 5.